The molecule has 128 valence electrons. The van der Waals surface area contributed by atoms with E-state index in [1.807, 2.05) is 0 Å². The monoisotopic (exact) mass is 362 g/mol. The summed E-state index contributed by atoms with van der Waals surface area (Å²) in [7, 11) is 0. The van der Waals surface area contributed by atoms with Gasteiger partial charge in [0.2, 0.25) is 0 Å². The Labute approximate surface area is 144 Å². The molecule has 0 fully saturated rings. The van der Waals surface area contributed by atoms with Crippen molar-refractivity contribution in [1.29, 1.82) is 0 Å². The van der Waals surface area contributed by atoms with Gasteiger partial charge in [-0.15, -0.1) is 10.2 Å². The number of para-hydroxylation sites is 2. The summed E-state index contributed by atoms with van der Waals surface area (Å²) in [5.41, 5.74) is 1.63. The molecule has 0 spiro atoms. The van der Waals surface area contributed by atoms with Crippen LogP contribution in [0.5, 0.6) is 0 Å². The largest absolute Gasteiger partial charge is 0.469 e. The molecular weight excluding hydrogens is 350 g/mol. The zero-order chi connectivity index (χ0) is 17.4. The predicted octanol–water partition coefficient (Wildman–Crippen LogP) is 4.68. The Morgan fingerprint density at radius 1 is 1.20 bits per heavy atom. The van der Waals surface area contributed by atoms with Crippen molar-refractivity contribution in [3.8, 4) is 11.5 Å². The Bertz CT molecular complexity index is 1020. The Hall–Kier alpha value is -2.68. The molecule has 4 rings (SSSR count). The highest BCUT2D eigenvalue weighted by atomic mass is 32.2. The van der Waals surface area contributed by atoms with E-state index in [0.29, 0.717) is 28.2 Å². The van der Waals surface area contributed by atoms with Gasteiger partial charge in [0.15, 0.2) is 0 Å². The van der Waals surface area contributed by atoms with Crippen molar-refractivity contribution < 1.29 is 17.6 Å². The zero-order valence-electron chi connectivity index (χ0n) is 13.0. The van der Waals surface area contributed by atoms with Crippen molar-refractivity contribution in [3.05, 3.63) is 48.2 Å². The lowest BCUT2D eigenvalue weighted by Gasteiger charge is -2.06. The maximum absolute atomic E-state index is 13.4. The average Bonchev–Trinajstić information content (AvgIpc) is 3.29. The van der Waals surface area contributed by atoms with Crippen molar-refractivity contribution in [2.45, 2.75) is 24.4 Å². The summed E-state index contributed by atoms with van der Waals surface area (Å²) in [6.07, 6.45) is 1.53. The number of thioether (sulfide) groups is 1. The number of nitrogens with zero attached hydrogens (tertiary/aromatic N) is 4. The summed E-state index contributed by atoms with van der Waals surface area (Å²) in [4.78, 5) is 4.28. The van der Waals surface area contributed by atoms with Gasteiger partial charge in [-0.05, 0) is 25.1 Å². The van der Waals surface area contributed by atoms with Gasteiger partial charge in [0.1, 0.15) is 11.6 Å². The minimum Gasteiger partial charge on any atom is -0.469 e. The number of rotatable bonds is 5. The van der Waals surface area contributed by atoms with E-state index in [4.69, 9.17) is 8.83 Å². The van der Waals surface area contributed by atoms with Crippen LogP contribution in [-0.2, 0) is 5.75 Å². The number of furan rings is 1. The molecule has 0 amide bonds. The van der Waals surface area contributed by atoms with Gasteiger partial charge in [0, 0.05) is 0 Å². The van der Waals surface area contributed by atoms with Gasteiger partial charge in [-0.2, -0.15) is 8.78 Å². The van der Waals surface area contributed by atoms with Gasteiger partial charge < -0.3 is 8.83 Å². The fraction of sp³-hybridized carbons (Fsp3) is 0.188. The number of imidazole rings is 1. The molecule has 25 heavy (non-hydrogen) atoms. The second-order valence-corrected chi connectivity index (χ2v) is 6.14. The number of aryl methyl sites for hydroxylation is 1. The smallest absolute Gasteiger partial charge is 0.320 e. The van der Waals surface area contributed by atoms with Gasteiger partial charge in [0.25, 0.3) is 11.1 Å². The van der Waals surface area contributed by atoms with Crippen molar-refractivity contribution in [1.82, 2.24) is 19.7 Å². The Morgan fingerprint density at radius 2 is 2.04 bits per heavy atom. The molecule has 0 aliphatic carbocycles. The van der Waals surface area contributed by atoms with Crippen LogP contribution < -0.4 is 0 Å². The van der Waals surface area contributed by atoms with Crippen molar-refractivity contribution >= 4 is 22.8 Å². The van der Waals surface area contributed by atoms with Crippen LogP contribution in [-0.4, -0.2) is 19.7 Å². The molecule has 0 unspecified atom stereocenters. The van der Waals surface area contributed by atoms with Gasteiger partial charge in [-0.3, -0.25) is 4.57 Å². The quantitative estimate of drug-likeness (QED) is 0.480. The number of hydrogen-bond donors (Lipinski definition) is 0. The number of alkyl halides is 2. The first kappa shape index (κ1) is 15.8. The van der Waals surface area contributed by atoms with Crippen LogP contribution in [0.15, 0.2) is 50.7 Å². The van der Waals surface area contributed by atoms with Crippen LogP contribution in [0.1, 0.15) is 18.1 Å². The number of benzene rings is 1. The van der Waals surface area contributed by atoms with Gasteiger partial charge in [0.05, 0.1) is 28.6 Å². The molecule has 1 aromatic carbocycles. The van der Waals surface area contributed by atoms with E-state index in [1.54, 1.807) is 37.3 Å². The van der Waals surface area contributed by atoms with Crippen molar-refractivity contribution in [3.63, 3.8) is 0 Å². The summed E-state index contributed by atoms with van der Waals surface area (Å²) < 4.78 is 38.5. The molecule has 0 aliphatic rings. The maximum Gasteiger partial charge on any atom is 0.320 e. The minimum absolute atomic E-state index is 0.186. The molecule has 9 heteroatoms. The van der Waals surface area contributed by atoms with E-state index >= 15 is 0 Å². The summed E-state index contributed by atoms with van der Waals surface area (Å²) in [6, 6.07) is 8.52. The second kappa shape index (κ2) is 6.32. The number of halogens is 2. The second-order valence-electron chi connectivity index (χ2n) is 5.22. The lowest BCUT2D eigenvalue weighted by atomic mass is 10.3. The number of aromatic nitrogens is 4. The van der Waals surface area contributed by atoms with Crippen LogP contribution in [0.3, 0.4) is 0 Å². The van der Waals surface area contributed by atoms with E-state index in [1.165, 1.54) is 6.26 Å². The molecule has 0 saturated heterocycles. The van der Waals surface area contributed by atoms with E-state index in [2.05, 4.69) is 15.2 Å². The van der Waals surface area contributed by atoms with Crippen LogP contribution in [0.2, 0.25) is 0 Å². The Kier molecular flexibility index (Phi) is 4.00. The Morgan fingerprint density at radius 3 is 2.80 bits per heavy atom. The molecule has 6 nitrogen and oxygen atoms in total. The van der Waals surface area contributed by atoms with Crippen LogP contribution in [0, 0.1) is 6.92 Å². The molecule has 0 aliphatic heterocycles. The average molecular weight is 362 g/mol. The molecule has 0 N–H and O–H groups in total. The van der Waals surface area contributed by atoms with E-state index in [0.717, 1.165) is 16.3 Å². The lowest BCUT2D eigenvalue weighted by molar-refractivity contribution is 0.0722. The summed E-state index contributed by atoms with van der Waals surface area (Å²) in [5, 5.41) is 8.18. The topological polar surface area (TPSA) is 69.9 Å². The van der Waals surface area contributed by atoms with Crippen LogP contribution in [0.4, 0.5) is 8.78 Å². The van der Waals surface area contributed by atoms with E-state index in [9.17, 15) is 8.78 Å². The fourth-order valence-corrected chi connectivity index (χ4v) is 3.22. The molecule has 0 bridgehead atoms. The van der Waals surface area contributed by atoms with Gasteiger partial charge in [-0.25, -0.2) is 4.98 Å². The maximum atomic E-state index is 13.4. The SMILES string of the molecule is Cc1occc1-c1nnc(SCc2nc3ccccc3n2C(F)F)o1. The van der Waals surface area contributed by atoms with Gasteiger partial charge in [-0.1, -0.05) is 23.9 Å². The highest BCUT2D eigenvalue weighted by molar-refractivity contribution is 7.98. The molecule has 0 saturated carbocycles. The van der Waals surface area contributed by atoms with Gasteiger partial charge >= 0.3 is 6.55 Å². The normalized spacial score (nSPS) is 11.7. The minimum atomic E-state index is -2.67. The molecular formula is C16H12F2N4O2S. The fourth-order valence-electron chi connectivity index (χ4n) is 2.52. The third-order valence-corrected chi connectivity index (χ3v) is 4.50. The van der Waals surface area contributed by atoms with E-state index in [-0.39, 0.29) is 16.8 Å². The summed E-state index contributed by atoms with van der Waals surface area (Å²) >= 11 is 1.16. The van der Waals surface area contributed by atoms with E-state index < -0.39 is 6.55 Å². The molecule has 4 aromatic rings. The first-order chi connectivity index (χ1) is 12.1. The zero-order valence-corrected chi connectivity index (χ0v) is 13.8. The first-order valence-corrected chi connectivity index (χ1v) is 8.37. The highest BCUT2D eigenvalue weighted by Gasteiger charge is 2.19. The third-order valence-electron chi connectivity index (χ3n) is 3.68. The summed E-state index contributed by atoms with van der Waals surface area (Å²) in [5.74, 6) is 1.43. The summed E-state index contributed by atoms with van der Waals surface area (Å²) in [6.45, 7) is -0.882. The first-order valence-electron chi connectivity index (χ1n) is 7.38. The van der Waals surface area contributed by atoms with Crippen molar-refractivity contribution in [2.24, 2.45) is 0 Å². The van der Waals surface area contributed by atoms with Crippen molar-refractivity contribution in [2.75, 3.05) is 0 Å². The lowest BCUT2D eigenvalue weighted by Crippen LogP contribution is -2.03. The Balaban J connectivity index is 1.58. The standard InChI is InChI=1S/C16H12F2N4O2S/c1-9-10(6-7-23-9)14-20-21-16(24-14)25-8-13-19-11-4-2-3-5-12(11)22(13)15(17)18/h2-7,15H,8H2,1H3. The van der Waals surface area contributed by atoms with Crippen LogP contribution >= 0.6 is 11.8 Å². The number of fused-ring (bicyclic) bond motifs is 1. The molecule has 3 aromatic heterocycles. The molecule has 0 radical (unpaired) electrons. The predicted molar refractivity (Wildman–Crippen MR) is 87.3 cm³/mol. The van der Waals surface area contributed by atoms with Crippen LogP contribution in [0.25, 0.3) is 22.5 Å². The molecule has 3 heterocycles. The highest BCUT2D eigenvalue weighted by Crippen LogP contribution is 2.30. The number of hydrogen-bond acceptors (Lipinski definition) is 6. The third kappa shape index (κ3) is 2.91. The molecule has 0 atom stereocenters.